The summed E-state index contributed by atoms with van der Waals surface area (Å²) in [5.41, 5.74) is 0.899. The summed E-state index contributed by atoms with van der Waals surface area (Å²) < 4.78 is 4.91. The molecule has 0 saturated carbocycles. The second-order valence-corrected chi connectivity index (χ2v) is 4.38. The van der Waals surface area contributed by atoms with Gasteiger partial charge < -0.3 is 4.74 Å². The zero-order valence-electron chi connectivity index (χ0n) is 10.4. The number of carbonyl (C=O) groups excluding carboxylic acids is 2. The number of nitro benzene ring substituents is 1. The third-order valence-electron chi connectivity index (χ3n) is 3.12. The van der Waals surface area contributed by atoms with Crippen molar-refractivity contribution in [3.05, 3.63) is 39.4 Å². The number of ether oxygens (including phenoxy) is 1. The zero-order valence-corrected chi connectivity index (χ0v) is 10.4. The van der Waals surface area contributed by atoms with E-state index >= 15 is 0 Å². The molecule has 0 heterocycles. The van der Waals surface area contributed by atoms with Crippen LogP contribution in [0.2, 0.25) is 0 Å². The predicted molar refractivity (Wildman–Crippen MR) is 65.9 cm³/mol. The number of hydrogen-bond acceptors (Lipinski definition) is 5. The van der Waals surface area contributed by atoms with Gasteiger partial charge >= 0.3 is 5.97 Å². The topological polar surface area (TPSA) is 86.5 Å². The van der Waals surface area contributed by atoms with Crippen molar-refractivity contribution in [3.8, 4) is 0 Å². The first-order chi connectivity index (χ1) is 9.02. The lowest BCUT2D eigenvalue weighted by molar-refractivity contribution is -0.384. The SMILES string of the molecule is CCOC(=O)C1CC(=O)c2cc([N+](=O)[O-])ccc2C1. The quantitative estimate of drug-likeness (QED) is 0.472. The van der Waals surface area contributed by atoms with Crippen LogP contribution in [0.1, 0.15) is 29.3 Å². The maximum Gasteiger partial charge on any atom is 0.309 e. The van der Waals surface area contributed by atoms with E-state index in [9.17, 15) is 19.7 Å². The Balaban J connectivity index is 2.28. The maximum absolute atomic E-state index is 11.9. The highest BCUT2D eigenvalue weighted by molar-refractivity contribution is 6.01. The number of benzene rings is 1. The molecule has 1 unspecified atom stereocenters. The fraction of sp³-hybridized carbons (Fsp3) is 0.385. The van der Waals surface area contributed by atoms with Gasteiger partial charge in [-0.2, -0.15) is 0 Å². The number of non-ortho nitro benzene ring substituents is 1. The number of fused-ring (bicyclic) bond motifs is 1. The van der Waals surface area contributed by atoms with Crippen molar-refractivity contribution in [2.75, 3.05) is 6.61 Å². The van der Waals surface area contributed by atoms with Gasteiger partial charge in [-0.05, 0) is 18.9 Å². The van der Waals surface area contributed by atoms with Gasteiger partial charge in [-0.25, -0.2) is 0 Å². The molecule has 1 aromatic carbocycles. The Morgan fingerprint density at radius 3 is 2.84 bits per heavy atom. The van der Waals surface area contributed by atoms with Gasteiger partial charge in [0.05, 0.1) is 17.4 Å². The first-order valence-electron chi connectivity index (χ1n) is 6.00. The van der Waals surface area contributed by atoms with E-state index in [4.69, 9.17) is 4.74 Å². The van der Waals surface area contributed by atoms with Crippen LogP contribution in [0.5, 0.6) is 0 Å². The highest BCUT2D eigenvalue weighted by Crippen LogP contribution is 2.29. The fourth-order valence-corrected chi connectivity index (χ4v) is 2.21. The molecule has 0 amide bonds. The highest BCUT2D eigenvalue weighted by Gasteiger charge is 2.31. The van der Waals surface area contributed by atoms with Crippen LogP contribution in [-0.2, 0) is 16.0 Å². The summed E-state index contributed by atoms with van der Waals surface area (Å²) in [7, 11) is 0. The lowest BCUT2D eigenvalue weighted by Gasteiger charge is -2.21. The van der Waals surface area contributed by atoms with Crippen LogP contribution in [0.3, 0.4) is 0 Å². The number of ketones is 1. The lowest BCUT2D eigenvalue weighted by Crippen LogP contribution is -2.28. The summed E-state index contributed by atoms with van der Waals surface area (Å²) >= 11 is 0. The molecule has 2 rings (SSSR count). The van der Waals surface area contributed by atoms with E-state index in [1.54, 1.807) is 6.92 Å². The van der Waals surface area contributed by atoms with Gasteiger partial charge in [0, 0.05) is 24.1 Å². The fourth-order valence-electron chi connectivity index (χ4n) is 2.21. The zero-order chi connectivity index (χ0) is 14.0. The van der Waals surface area contributed by atoms with Gasteiger partial charge in [0.1, 0.15) is 0 Å². The predicted octanol–water partition coefficient (Wildman–Crippen LogP) is 1.90. The van der Waals surface area contributed by atoms with Crippen LogP contribution in [0.25, 0.3) is 0 Å². The van der Waals surface area contributed by atoms with Gasteiger partial charge in [-0.15, -0.1) is 0 Å². The van der Waals surface area contributed by atoms with Crippen molar-refractivity contribution in [2.24, 2.45) is 5.92 Å². The lowest BCUT2D eigenvalue weighted by atomic mass is 9.83. The summed E-state index contributed by atoms with van der Waals surface area (Å²) in [5.74, 6) is -1.12. The minimum atomic E-state index is -0.537. The number of Topliss-reactive ketones (excluding diaryl/α,β-unsaturated/α-hetero) is 1. The number of carbonyl (C=O) groups is 2. The molecule has 0 bridgehead atoms. The van der Waals surface area contributed by atoms with Gasteiger partial charge in [-0.1, -0.05) is 6.07 Å². The Morgan fingerprint density at radius 2 is 2.21 bits per heavy atom. The molecule has 0 aromatic heterocycles. The first kappa shape index (κ1) is 13.2. The molecular weight excluding hydrogens is 250 g/mol. The minimum absolute atomic E-state index is 0.0486. The van der Waals surface area contributed by atoms with Crippen LogP contribution >= 0.6 is 0 Å². The second kappa shape index (κ2) is 5.17. The van der Waals surface area contributed by atoms with Crippen molar-refractivity contribution in [1.29, 1.82) is 0 Å². The summed E-state index contributed by atoms with van der Waals surface area (Å²) in [6, 6.07) is 4.16. The van der Waals surface area contributed by atoms with Crippen molar-refractivity contribution in [1.82, 2.24) is 0 Å². The molecule has 1 aliphatic rings. The van der Waals surface area contributed by atoms with Gasteiger partial charge in [0.2, 0.25) is 0 Å². The molecule has 1 aliphatic carbocycles. The molecule has 0 radical (unpaired) electrons. The smallest absolute Gasteiger partial charge is 0.309 e. The van der Waals surface area contributed by atoms with Crippen molar-refractivity contribution < 1.29 is 19.2 Å². The molecule has 19 heavy (non-hydrogen) atoms. The third kappa shape index (κ3) is 2.62. The van der Waals surface area contributed by atoms with E-state index in [0.717, 1.165) is 0 Å². The van der Waals surface area contributed by atoms with Gasteiger partial charge in [0.25, 0.3) is 5.69 Å². The number of hydrogen-bond donors (Lipinski definition) is 0. The largest absolute Gasteiger partial charge is 0.466 e. The van der Waals surface area contributed by atoms with Gasteiger partial charge in [-0.3, -0.25) is 19.7 Å². The van der Waals surface area contributed by atoms with E-state index in [1.165, 1.54) is 18.2 Å². The maximum atomic E-state index is 11.9. The second-order valence-electron chi connectivity index (χ2n) is 4.38. The number of esters is 1. The number of nitrogens with zero attached hydrogens (tertiary/aromatic N) is 1. The molecule has 100 valence electrons. The molecular formula is C13H13NO5. The van der Waals surface area contributed by atoms with Gasteiger partial charge in [0.15, 0.2) is 5.78 Å². The van der Waals surface area contributed by atoms with Crippen LogP contribution in [0.4, 0.5) is 5.69 Å². The van der Waals surface area contributed by atoms with E-state index in [1.807, 2.05) is 0 Å². The van der Waals surface area contributed by atoms with E-state index < -0.39 is 10.8 Å². The minimum Gasteiger partial charge on any atom is -0.466 e. The molecule has 6 nitrogen and oxygen atoms in total. The van der Waals surface area contributed by atoms with E-state index in [0.29, 0.717) is 17.5 Å². The highest BCUT2D eigenvalue weighted by atomic mass is 16.6. The molecule has 0 fully saturated rings. The summed E-state index contributed by atoms with van der Waals surface area (Å²) in [6.07, 6.45) is 0.435. The summed E-state index contributed by atoms with van der Waals surface area (Å²) in [6.45, 7) is 1.98. The molecule has 0 aliphatic heterocycles. The monoisotopic (exact) mass is 263 g/mol. The van der Waals surface area contributed by atoms with Crippen molar-refractivity contribution in [2.45, 2.75) is 19.8 Å². The molecule has 1 atom stereocenters. The van der Waals surface area contributed by atoms with Crippen LogP contribution in [0, 0.1) is 16.0 Å². The Morgan fingerprint density at radius 1 is 1.47 bits per heavy atom. The number of rotatable bonds is 3. The normalized spacial score (nSPS) is 17.7. The third-order valence-corrected chi connectivity index (χ3v) is 3.12. The Kier molecular flexibility index (Phi) is 3.59. The van der Waals surface area contributed by atoms with Crippen LogP contribution in [0.15, 0.2) is 18.2 Å². The van der Waals surface area contributed by atoms with E-state index in [2.05, 4.69) is 0 Å². The molecule has 1 aromatic rings. The average molecular weight is 263 g/mol. The Labute approximate surface area is 109 Å². The van der Waals surface area contributed by atoms with Crippen molar-refractivity contribution in [3.63, 3.8) is 0 Å². The van der Waals surface area contributed by atoms with Crippen LogP contribution < -0.4 is 0 Å². The van der Waals surface area contributed by atoms with Crippen molar-refractivity contribution >= 4 is 17.4 Å². The Hall–Kier alpha value is -2.24. The van der Waals surface area contributed by atoms with E-state index in [-0.39, 0.29) is 30.5 Å². The first-order valence-corrected chi connectivity index (χ1v) is 6.00. The Bertz CT molecular complexity index is 552. The number of nitro groups is 1. The summed E-state index contributed by atoms with van der Waals surface area (Å²) in [5, 5.41) is 10.7. The molecule has 0 saturated heterocycles. The molecule has 6 heteroatoms. The molecule has 0 N–H and O–H groups in total. The summed E-state index contributed by atoms with van der Waals surface area (Å²) in [4.78, 5) is 33.7. The van der Waals surface area contributed by atoms with Crippen LogP contribution in [-0.4, -0.2) is 23.3 Å². The average Bonchev–Trinajstić information content (AvgIpc) is 2.38. The molecule has 0 spiro atoms. The standard InChI is InChI=1S/C13H13NO5/c1-2-19-13(16)9-5-8-3-4-10(14(17)18)7-11(8)12(15)6-9/h3-4,7,9H,2,5-6H2,1H3.